The number of ether oxygens (including phenoxy) is 2. The zero-order chi connectivity index (χ0) is 23.6. The van der Waals surface area contributed by atoms with Gasteiger partial charge in [-0.25, -0.2) is 0 Å². The molecule has 1 fully saturated rings. The fourth-order valence-corrected chi connectivity index (χ4v) is 3.36. The second-order valence-corrected chi connectivity index (χ2v) is 7.83. The van der Waals surface area contributed by atoms with Crippen molar-refractivity contribution in [3.63, 3.8) is 0 Å². The number of hydrogen-bond donors (Lipinski definition) is 0. The lowest BCUT2D eigenvalue weighted by Gasteiger charge is -2.27. The zero-order valence-electron chi connectivity index (χ0n) is 19.5. The van der Waals surface area contributed by atoms with E-state index in [1.54, 1.807) is 17.5 Å². The third-order valence-corrected chi connectivity index (χ3v) is 5.06. The summed E-state index contributed by atoms with van der Waals surface area (Å²) < 4.78 is 11.3. The van der Waals surface area contributed by atoms with E-state index in [2.05, 4.69) is 49.1 Å². The van der Waals surface area contributed by atoms with Crippen molar-refractivity contribution in [3.8, 4) is 11.8 Å². The molecule has 1 saturated heterocycles. The standard InChI is InChI=1S/C24H29N7O3/c1-19-5-3-6-20(15-19)17-26-29-22-16-23(31-10-12-32-13-11-31)28-24(27-22)33-14-9-30(2)34-21-7-4-8-25-18-21/h3-8,15-16,18H,9-14,17H2,1-2H3. The Balaban J connectivity index is 1.40. The van der Waals surface area contributed by atoms with Gasteiger partial charge in [0.05, 0.1) is 32.5 Å². The zero-order valence-corrected chi connectivity index (χ0v) is 19.5. The van der Waals surface area contributed by atoms with Crippen molar-refractivity contribution < 1.29 is 14.3 Å². The average Bonchev–Trinajstić information content (AvgIpc) is 2.85. The molecular weight excluding hydrogens is 434 g/mol. The van der Waals surface area contributed by atoms with Crippen molar-refractivity contribution in [3.05, 3.63) is 66.0 Å². The smallest absolute Gasteiger partial charge is 0.320 e. The van der Waals surface area contributed by atoms with Gasteiger partial charge in [0, 0.05) is 32.4 Å². The molecule has 0 atom stereocenters. The second-order valence-electron chi connectivity index (χ2n) is 7.83. The number of likely N-dealkylation sites (N-methyl/N-ethyl adjacent to an activating group) is 1. The molecule has 0 bridgehead atoms. The van der Waals surface area contributed by atoms with Gasteiger partial charge in [-0.3, -0.25) is 4.98 Å². The molecule has 1 aliphatic heterocycles. The SMILES string of the molecule is Cc1cccc(CN=Nc2cc(N3CCOCC3)nc(OCCN(C)Oc3cccnc3)n2)c1. The van der Waals surface area contributed by atoms with E-state index >= 15 is 0 Å². The minimum Gasteiger partial charge on any atom is -0.462 e. The number of hydroxylamine groups is 2. The molecule has 3 heterocycles. The molecule has 34 heavy (non-hydrogen) atoms. The van der Waals surface area contributed by atoms with Gasteiger partial charge in [0.1, 0.15) is 12.4 Å². The van der Waals surface area contributed by atoms with Crippen LogP contribution < -0.4 is 14.5 Å². The summed E-state index contributed by atoms with van der Waals surface area (Å²) in [5, 5.41) is 10.3. The first-order chi connectivity index (χ1) is 16.7. The van der Waals surface area contributed by atoms with E-state index in [0.717, 1.165) is 24.5 Å². The van der Waals surface area contributed by atoms with Crippen LogP contribution in [-0.2, 0) is 11.3 Å². The molecule has 0 unspecified atom stereocenters. The first kappa shape index (κ1) is 23.5. The Morgan fingerprint density at radius 1 is 1.12 bits per heavy atom. The van der Waals surface area contributed by atoms with Crippen LogP contribution in [0.3, 0.4) is 0 Å². The van der Waals surface area contributed by atoms with Crippen LogP contribution in [0, 0.1) is 6.92 Å². The summed E-state index contributed by atoms with van der Waals surface area (Å²) in [6, 6.07) is 13.9. The molecular formula is C24H29N7O3. The molecule has 0 radical (unpaired) electrons. The van der Waals surface area contributed by atoms with Gasteiger partial charge in [0.15, 0.2) is 11.6 Å². The second kappa shape index (κ2) is 12.0. The van der Waals surface area contributed by atoms with Gasteiger partial charge in [-0.05, 0) is 24.6 Å². The summed E-state index contributed by atoms with van der Waals surface area (Å²) in [6.45, 7) is 6.18. The Labute approximate surface area is 199 Å². The molecule has 0 aliphatic carbocycles. The number of nitrogens with zero attached hydrogens (tertiary/aromatic N) is 7. The van der Waals surface area contributed by atoms with Crippen LogP contribution in [0.15, 0.2) is 65.1 Å². The molecule has 178 valence electrons. The Bertz CT molecular complexity index is 1080. The van der Waals surface area contributed by atoms with Crippen molar-refractivity contribution in [2.45, 2.75) is 13.5 Å². The van der Waals surface area contributed by atoms with Gasteiger partial charge in [0.25, 0.3) is 0 Å². The van der Waals surface area contributed by atoms with E-state index in [1.165, 1.54) is 5.56 Å². The van der Waals surface area contributed by atoms with E-state index in [0.29, 0.717) is 44.5 Å². The number of morpholine rings is 1. The van der Waals surface area contributed by atoms with Crippen LogP contribution in [0.25, 0.3) is 0 Å². The topological polar surface area (TPSA) is 97.6 Å². The molecule has 0 N–H and O–H groups in total. The lowest BCUT2D eigenvalue weighted by Crippen LogP contribution is -2.36. The highest BCUT2D eigenvalue weighted by molar-refractivity contribution is 5.47. The number of azo groups is 1. The normalized spacial score (nSPS) is 14.0. The molecule has 4 rings (SSSR count). The minimum atomic E-state index is 0.253. The molecule has 10 nitrogen and oxygen atoms in total. The number of anilines is 1. The van der Waals surface area contributed by atoms with Crippen molar-refractivity contribution in [1.82, 2.24) is 20.0 Å². The highest BCUT2D eigenvalue weighted by Gasteiger charge is 2.16. The number of rotatable bonds is 10. The predicted molar refractivity (Wildman–Crippen MR) is 127 cm³/mol. The van der Waals surface area contributed by atoms with Crippen molar-refractivity contribution >= 4 is 11.6 Å². The minimum absolute atomic E-state index is 0.253. The van der Waals surface area contributed by atoms with Gasteiger partial charge in [-0.2, -0.15) is 15.1 Å². The third kappa shape index (κ3) is 7.19. The molecule has 10 heteroatoms. The maximum Gasteiger partial charge on any atom is 0.320 e. The molecule has 2 aromatic heterocycles. The third-order valence-electron chi connectivity index (χ3n) is 5.06. The molecule has 3 aromatic rings. The molecule has 0 spiro atoms. The van der Waals surface area contributed by atoms with E-state index in [9.17, 15) is 0 Å². The number of pyridine rings is 1. The summed E-state index contributed by atoms with van der Waals surface area (Å²) in [5.74, 6) is 1.86. The maximum absolute atomic E-state index is 5.85. The fourth-order valence-electron chi connectivity index (χ4n) is 3.36. The Kier molecular flexibility index (Phi) is 8.31. The fraction of sp³-hybridized carbons (Fsp3) is 0.375. The van der Waals surface area contributed by atoms with E-state index in [1.807, 2.05) is 37.4 Å². The van der Waals surface area contributed by atoms with Crippen LogP contribution >= 0.6 is 0 Å². The van der Waals surface area contributed by atoms with Gasteiger partial charge < -0.3 is 19.2 Å². The summed E-state index contributed by atoms with van der Waals surface area (Å²) in [4.78, 5) is 20.9. The Morgan fingerprint density at radius 2 is 2.00 bits per heavy atom. The van der Waals surface area contributed by atoms with Gasteiger partial charge in [-0.15, -0.1) is 10.2 Å². The van der Waals surface area contributed by atoms with Crippen LogP contribution in [0.5, 0.6) is 11.8 Å². The van der Waals surface area contributed by atoms with Crippen molar-refractivity contribution in [1.29, 1.82) is 0 Å². The van der Waals surface area contributed by atoms with Crippen molar-refractivity contribution in [2.24, 2.45) is 10.2 Å². The largest absolute Gasteiger partial charge is 0.462 e. The van der Waals surface area contributed by atoms with Crippen LogP contribution in [-0.4, -0.2) is 66.5 Å². The lowest BCUT2D eigenvalue weighted by molar-refractivity contribution is -0.0406. The van der Waals surface area contributed by atoms with E-state index in [-0.39, 0.29) is 6.01 Å². The van der Waals surface area contributed by atoms with Crippen molar-refractivity contribution in [2.75, 3.05) is 51.4 Å². The number of hydrogen-bond acceptors (Lipinski definition) is 10. The lowest BCUT2D eigenvalue weighted by atomic mass is 10.1. The first-order valence-corrected chi connectivity index (χ1v) is 11.2. The summed E-state index contributed by atoms with van der Waals surface area (Å²) >= 11 is 0. The van der Waals surface area contributed by atoms with Gasteiger partial charge >= 0.3 is 6.01 Å². The van der Waals surface area contributed by atoms with E-state index in [4.69, 9.17) is 14.3 Å². The number of aryl methyl sites for hydroxylation is 1. The van der Waals surface area contributed by atoms with Crippen LogP contribution in [0.2, 0.25) is 0 Å². The highest BCUT2D eigenvalue weighted by atomic mass is 16.7. The quantitative estimate of drug-likeness (QED) is 0.332. The highest BCUT2D eigenvalue weighted by Crippen LogP contribution is 2.23. The predicted octanol–water partition coefficient (Wildman–Crippen LogP) is 3.61. The average molecular weight is 464 g/mol. The first-order valence-electron chi connectivity index (χ1n) is 11.2. The molecule has 1 aliphatic rings. The molecule has 0 saturated carbocycles. The summed E-state index contributed by atoms with van der Waals surface area (Å²) in [7, 11) is 1.83. The monoisotopic (exact) mass is 463 g/mol. The van der Waals surface area contributed by atoms with Gasteiger partial charge in [0.2, 0.25) is 0 Å². The summed E-state index contributed by atoms with van der Waals surface area (Å²) in [5.41, 5.74) is 2.29. The Hall–Kier alpha value is -3.63. The summed E-state index contributed by atoms with van der Waals surface area (Å²) in [6.07, 6.45) is 3.35. The number of aromatic nitrogens is 3. The van der Waals surface area contributed by atoms with Gasteiger partial charge in [-0.1, -0.05) is 29.8 Å². The van der Waals surface area contributed by atoms with E-state index < -0.39 is 0 Å². The Morgan fingerprint density at radius 3 is 2.79 bits per heavy atom. The van der Waals surface area contributed by atoms with Crippen LogP contribution in [0.1, 0.15) is 11.1 Å². The molecule has 1 aromatic carbocycles. The molecule has 0 amide bonds. The van der Waals surface area contributed by atoms with Crippen LogP contribution in [0.4, 0.5) is 11.6 Å². The number of benzene rings is 1. The maximum atomic E-state index is 5.85.